The summed E-state index contributed by atoms with van der Waals surface area (Å²) >= 11 is 0. The van der Waals surface area contributed by atoms with Gasteiger partial charge in [0.2, 0.25) is 0 Å². The lowest BCUT2D eigenvalue weighted by Gasteiger charge is -2.24. The van der Waals surface area contributed by atoms with Crippen LogP contribution in [-0.2, 0) is 25.8 Å². The Morgan fingerprint density at radius 3 is 2.23 bits per heavy atom. The zero-order valence-corrected chi connectivity index (χ0v) is 22.0. The topological polar surface area (TPSA) is 35.9 Å². The first-order valence-electron chi connectivity index (χ1n) is 13.0. The van der Waals surface area contributed by atoms with Crippen LogP contribution < -0.4 is 9.64 Å². The van der Waals surface area contributed by atoms with Crippen LogP contribution in [0.1, 0.15) is 48.9 Å². The number of aryl methyl sites for hydroxylation is 2. The molecule has 0 aromatic heterocycles. The van der Waals surface area contributed by atoms with Gasteiger partial charge >= 0.3 is 0 Å². The van der Waals surface area contributed by atoms with Gasteiger partial charge in [0, 0.05) is 31.4 Å². The summed E-state index contributed by atoms with van der Waals surface area (Å²) in [6.07, 6.45) is 6.02. The maximum Gasteiger partial charge on any atom is 0.120 e. The van der Waals surface area contributed by atoms with Crippen molar-refractivity contribution in [3.8, 4) is 11.5 Å². The minimum Gasteiger partial charge on any atom is -0.508 e. The number of anilines is 1. The summed E-state index contributed by atoms with van der Waals surface area (Å²) in [5, 5.41) is 9.19. The van der Waals surface area contributed by atoms with E-state index in [4.69, 9.17) is 4.74 Å². The highest BCUT2D eigenvalue weighted by Crippen LogP contribution is 2.24. The van der Waals surface area contributed by atoms with Gasteiger partial charge in [-0.1, -0.05) is 43.3 Å². The molecule has 0 amide bonds. The van der Waals surface area contributed by atoms with Crippen molar-refractivity contribution in [1.29, 1.82) is 0 Å². The van der Waals surface area contributed by atoms with Gasteiger partial charge in [0.05, 0.1) is 7.11 Å². The highest BCUT2D eigenvalue weighted by atomic mass is 16.5. The number of aromatic hydroxyl groups is 1. The number of ether oxygens (including phenoxy) is 1. The van der Waals surface area contributed by atoms with E-state index in [9.17, 15) is 5.11 Å². The Morgan fingerprint density at radius 1 is 0.829 bits per heavy atom. The van der Waals surface area contributed by atoms with Crippen molar-refractivity contribution < 1.29 is 9.84 Å². The average molecular weight is 475 g/mol. The van der Waals surface area contributed by atoms with Crippen LogP contribution in [-0.4, -0.2) is 43.8 Å². The third-order valence-corrected chi connectivity index (χ3v) is 6.85. The number of fused-ring (bicyclic) bond motifs is 1. The lowest BCUT2D eigenvalue weighted by atomic mass is 9.92. The van der Waals surface area contributed by atoms with E-state index in [0.717, 1.165) is 44.8 Å². The largest absolute Gasteiger partial charge is 0.508 e. The van der Waals surface area contributed by atoms with Gasteiger partial charge in [-0.2, -0.15) is 0 Å². The van der Waals surface area contributed by atoms with Crippen LogP contribution in [0.5, 0.6) is 11.5 Å². The molecule has 4 rings (SSSR count). The van der Waals surface area contributed by atoms with Gasteiger partial charge in [0.1, 0.15) is 11.5 Å². The summed E-state index contributed by atoms with van der Waals surface area (Å²) in [5.41, 5.74) is 6.71. The Labute approximate surface area is 212 Å². The second kappa shape index (κ2) is 13.8. The molecule has 0 aliphatic heterocycles. The summed E-state index contributed by atoms with van der Waals surface area (Å²) in [6.45, 7) is 8.48. The average Bonchev–Trinajstić information content (AvgIpc) is 2.91. The van der Waals surface area contributed by atoms with Crippen LogP contribution >= 0.6 is 0 Å². The zero-order chi connectivity index (χ0) is 25.0. The van der Waals surface area contributed by atoms with Crippen molar-refractivity contribution in [2.75, 3.05) is 38.7 Å². The van der Waals surface area contributed by atoms with Gasteiger partial charge in [0.25, 0.3) is 0 Å². The fourth-order valence-corrected chi connectivity index (χ4v) is 4.42. The van der Waals surface area contributed by atoms with Crippen LogP contribution in [0.15, 0.2) is 66.7 Å². The molecule has 1 aliphatic rings. The quantitative estimate of drug-likeness (QED) is 0.385. The van der Waals surface area contributed by atoms with E-state index >= 15 is 0 Å². The van der Waals surface area contributed by atoms with Crippen LogP contribution in [0.2, 0.25) is 0 Å². The summed E-state index contributed by atoms with van der Waals surface area (Å²) < 4.78 is 5.34. The Balaban J connectivity index is 0.000000256. The van der Waals surface area contributed by atoms with E-state index in [1.54, 1.807) is 13.2 Å². The van der Waals surface area contributed by atoms with E-state index in [1.165, 1.54) is 47.2 Å². The molecular weight excluding hydrogens is 432 g/mol. The molecule has 35 heavy (non-hydrogen) atoms. The van der Waals surface area contributed by atoms with Gasteiger partial charge < -0.3 is 19.6 Å². The molecule has 188 valence electrons. The molecule has 4 nitrogen and oxygen atoms in total. The van der Waals surface area contributed by atoms with Crippen molar-refractivity contribution in [2.24, 2.45) is 0 Å². The highest BCUT2D eigenvalue weighted by molar-refractivity contribution is 5.51. The van der Waals surface area contributed by atoms with E-state index in [0.29, 0.717) is 5.75 Å². The molecule has 3 aromatic rings. The molecule has 0 fully saturated rings. The number of hydrogen-bond donors (Lipinski definition) is 1. The van der Waals surface area contributed by atoms with E-state index < -0.39 is 0 Å². The van der Waals surface area contributed by atoms with E-state index in [1.807, 2.05) is 24.3 Å². The van der Waals surface area contributed by atoms with Crippen molar-refractivity contribution in [1.82, 2.24) is 4.90 Å². The maximum absolute atomic E-state index is 9.19. The van der Waals surface area contributed by atoms with Gasteiger partial charge in [-0.15, -0.1) is 0 Å². The molecular formula is C31H42N2O2. The van der Waals surface area contributed by atoms with Crippen LogP contribution in [0, 0.1) is 0 Å². The predicted octanol–water partition coefficient (Wildman–Crippen LogP) is 6.49. The lowest BCUT2D eigenvalue weighted by Crippen LogP contribution is -2.22. The molecule has 4 heteroatoms. The molecule has 1 aliphatic carbocycles. The Bertz CT molecular complexity index is 1030. The van der Waals surface area contributed by atoms with Crippen molar-refractivity contribution in [3.63, 3.8) is 0 Å². The number of phenolic OH excluding ortho intramolecular Hbond substituents is 1. The summed E-state index contributed by atoms with van der Waals surface area (Å²) in [5.74, 6) is 1.31. The highest BCUT2D eigenvalue weighted by Gasteiger charge is 2.09. The predicted molar refractivity (Wildman–Crippen MR) is 148 cm³/mol. The van der Waals surface area contributed by atoms with E-state index in [2.05, 4.69) is 67.1 Å². The minimum atomic E-state index is 0.408. The summed E-state index contributed by atoms with van der Waals surface area (Å²) in [6, 6.07) is 23.0. The molecule has 0 bridgehead atoms. The molecule has 0 unspecified atom stereocenters. The van der Waals surface area contributed by atoms with Gasteiger partial charge in [-0.05, 0) is 99.1 Å². The first-order valence-corrected chi connectivity index (χ1v) is 13.0. The monoisotopic (exact) mass is 474 g/mol. The molecule has 0 spiro atoms. The van der Waals surface area contributed by atoms with Crippen molar-refractivity contribution >= 4 is 5.69 Å². The third kappa shape index (κ3) is 8.32. The Hall–Kier alpha value is -2.98. The Kier molecular flexibility index (Phi) is 10.5. The van der Waals surface area contributed by atoms with Crippen molar-refractivity contribution in [3.05, 3.63) is 89.0 Å². The fourth-order valence-electron chi connectivity index (χ4n) is 4.42. The molecule has 0 saturated heterocycles. The summed E-state index contributed by atoms with van der Waals surface area (Å²) in [4.78, 5) is 4.71. The van der Waals surface area contributed by atoms with Crippen molar-refractivity contribution in [2.45, 2.75) is 52.5 Å². The SMILES string of the molecule is CCN(C)CCc1ccc(CN(CC)c2cccc(OC)c2)cc1.Oc1ccc2c(c1)CCCC2. The summed E-state index contributed by atoms with van der Waals surface area (Å²) in [7, 11) is 3.88. The lowest BCUT2D eigenvalue weighted by molar-refractivity contribution is 0.357. The first kappa shape index (κ1) is 26.6. The molecule has 0 radical (unpaired) electrons. The fraction of sp³-hybridized carbons (Fsp3) is 0.419. The maximum atomic E-state index is 9.19. The van der Waals surface area contributed by atoms with Gasteiger partial charge in [-0.25, -0.2) is 0 Å². The molecule has 0 atom stereocenters. The minimum absolute atomic E-state index is 0.408. The van der Waals surface area contributed by atoms with Gasteiger partial charge in [-0.3, -0.25) is 0 Å². The smallest absolute Gasteiger partial charge is 0.120 e. The number of methoxy groups -OCH3 is 1. The van der Waals surface area contributed by atoms with Crippen LogP contribution in [0.4, 0.5) is 5.69 Å². The Morgan fingerprint density at radius 2 is 1.54 bits per heavy atom. The normalized spacial score (nSPS) is 12.5. The van der Waals surface area contributed by atoms with Crippen LogP contribution in [0.3, 0.4) is 0 Å². The number of rotatable bonds is 9. The second-order valence-corrected chi connectivity index (χ2v) is 9.34. The standard InChI is InChI=1S/C21H30N2O.C10H12O/c1-5-22(3)15-14-18-10-12-19(13-11-18)17-23(6-2)20-8-7-9-21(16-20)24-4;11-10-6-5-8-3-1-2-4-9(8)7-10/h7-13,16H,5-6,14-15,17H2,1-4H3;5-7,11H,1-4H2. The van der Waals surface area contributed by atoms with Crippen LogP contribution in [0.25, 0.3) is 0 Å². The zero-order valence-electron chi connectivity index (χ0n) is 22.0. The molecule has 3 aromatic carbocycles. The molecule has 0 saturated carbocycles. The number of nitrogens with zero attached hydrogens (tertiary/aromatic N) is 2. The second-order valence-electron chi connectivity index (χ2n) is 9.34. The van der Waals surface area contributed by atoms with E-state index in [-0.39, 0.29) is 0 Å². The third-order valence-electron chi connectivity index (χ3n) is 6.85. The number of likely N-dealkylation sites (N-methyl/N-ethyl adjacent to an activating group) is 1. The molecule has 1 N–H and O–H groups in total. The van der Waals surface area contributed by atoms with Gasteiger partial charge in [0.15, 0.2) is 0 Å². The number of benzene rings is 3. The molecule has 0 heterocycles. The first-order chi connectivity index (χ1) is 17.0. The number of hydrogen-bond acceptors (Lipinski definition) is 4. The number of phenols is 1.